The third-order valence-electron chi connectivity index (χ3n) is 20.3. The first kappa shape index (κ1) is 68.1. The van der Waals surface area contributed by atoms with Gasteiger partial charge in [-0.1, -0.05) is 291 Å². The molecule has 520 valence electrons. The molecule has 0 N–H and O–H groups in total. The Labute approximate surface area is 634 Å². The van der Waals surface area contributed by atoms with Crippen molar-refractivity contribution in [1.29, 1.82) is 0 Å². The van der Waals surface area contributed by atoms with Crippen LogP contribution in [0.4, 0.5) is 0 Å². The Bertz CT molecular complexity index is 5930. The molecule has 4 aromatic heterocycles. The van der Waals surface area contributed by atoms with E-state index in [1.54, 1.807) is 0 Å². The minimum absolute atomic E-state index is 0. The van der Waals surface area contributed by atoms with Crippen molar-refractivity contribution in [2.45, 2.75) is 38.9 Å². The molecule has 0 amide bonds. The normalized spacial score (nSPS) is 12.9. The van der Waals surface area contributed by atoms with Gasteiger partial charge >= 0.3 is 7.12 Å². The van der Waals surface area contributed by atoms with Gasteiger partial charge in [0.1, 0.15) is 0 Å². The fourth-order valence-electron chi connectivity index (χ4n) is 14.1. The maximum absolute atomic E-state index is 6.40. The summed E-state index contributed by atoms with van der Waals surface area (Å²) >= 11 is 5.99. The van der Waals surface area contributed by atoms with Crippen LogP contribution in [0.2, 0.25) is 5.28 Å². The molecule has 108 heavy (non-hydrogen) atoms. The molecule has 0 unspecified atom stereocenters. The maximum Gasteiger partial charge on any atom is 0.494 e. The van der Waals surface area contributed by atoms with Crippen molar-refractivity contribution < 1.29 is 10.7 Å². The topological polar surface area (TPSA) is 106 Å². The summed E-state index contributed by atoms with van der Waals surface area (Å²) in [5.74, 6) is 3.09. The molecule has 1 aliphatic rings. The van der Waals surface area contributed by atoms with Gasteiger partial charge in [0.15, 0.2) is 29.1 Å². The molecule has 0 saturated carbocycles. The number of nitrogens with zero attached hydrogens (tertiary/aromatic N) is 8. The summed E-state index contributed by atoms with van der Waals surface area (Å²) < 4.78 is 17.5. The number of benzene rings is 14. The van der Waals surface area contributed by atoms with Crippen molar-refractivity contribution in [3.05, 3.63) is 369 Å². The Balaban J connectivity index is 0.000000135. The smallest absolute Gasteiger partial charge is 0.399 e. The van der Waals surface area contributed by atoms with Crippen molar-refractivity contribution in [3.63, 3.8) is 0 Å². The molecule has 18 aromatic rings. The highest BCUT2D eigenvalue weighted by Crippen LogP contribution is 2.42. The lowest BCUT2D eigenvalue weighted by atomic mass is 9.79. The number of hydrogen-bond donors (Lipinski definition) is 0. The van der Waals surface area contributed by atoms with Crippen molar-refractivity contribution in [3.8, 4) is 113 Å². The van der Waals surface area contributed by atoms with Gasteiger partial charge in [-0.15, -0.1) is 0 Å². The van der Waals surface area contributed by atoms with Crippen LogP contribution in [0.1, 0.15) is 29.1 Å². The average molecular weight is 1420 g/mol. The van der Waals surface area contributed by atoms with Gasteiger partial charge in [-0.05, 0) is 162 Å². The molecule has 19 rings (SSSR count). The quantitative estimate of drug-likeness (QED) is 0.111. The molecule has 0 aliphatic carbocycles. The zero-order chi connectivity index (χ0) is 73.1. The second-order valence-corrected chi connectivity index (χ2v) is 28.2. The first-order chi connectivity index (χ1) is 52.9. The van der Waals surface area contributed by atoms with E-state index in [0.717, 1.165) is 55.7 Å². The lowest BCUT2D eigenvalue weighted by molar-refractivity contribution is 0.00578. The van der Waals surface area contributed by atoms with Crippen LogP contribution < -0.4 is 5.46 Å². The van der Waals surface area contributed by atoms with Crippen molar-refractivity contribution in [2.24, 2.45) is 0 Å². The maximum atomic E-state index is 6.40. The lowest BCUT2D eigenvalue weighted by Gasteiger charge is -2.32. The van der Waals surface area contributed by atoms with Crippen LogP contribution in [-0.2, 0) is 9.31 Å². The van der Waals surface area contributed by atoms with Crippen LogP contribution in [0.25, 0.3) is 156 Å². The van der Waals surface area contributed by atoms with Gasteiger partial charge in [0.05, 0.1) is 33.3 Å². The van der Waals surface area contributed by atoms with E-state index in [0.29, 0.717) is 29.1 Å². The minimum atomic E-state index is -0.410. The van der Waals surface area contributed by atoms with Gasteiger partial charge in [0.25, 0.3) is 0 Å². The van der Waals surface area contributed by atoms with Crippen LogP contribution in [0.3, 0.4) is 0 Å². The van der Waals surface area contributed by atoms with Crippen LogP contribution in [-0.4, -0.2) is 57.4 Å². The Morgan fingerprint density at radius 3 is 0.806 bits per heavy atom. The van der Waals surface area contributed by atoms with E-state index >= 15 is 0 Å². The first-order valence-corrected chi connectivity index (χ1v) is 36.6. The summed E-state index contributed by atoms with van der Waals surface area (Å²) in [5, 5.41) is 5.08. The summed E-state index contributed by atoms with van der Waals surface area (Å²) in [4.78, 5) is 27.7. The molecule has 1 aliphatic heterocycles. The third kappa shape index (κ3) is 13.9. The van der Waals surface area contributed by atoms with Crippen LogP contribution in [0.15, 0.2) is 364 Å². The van der Waals surface area contributed by atoms with E-state index in [1.807, 2.05) is 121 Å². The Kier molecular flexibility index (Phi) is 18.6. The van der Waals surface area contributed by atoms with E-state index in [1.165, 1.54) is 77.1 Å². The zero-order valence-corrected chi connectivity index (χ0v) is 60.7. The standard InChI is InChI=1S/C45H30N4.C36H32BNO2.C15H10ClN3.H2/c1-5-14-31(15-6-1)35-24-26-41-39(29-35)40-30-36(32-16-7-2-8-17-32)25-27-42(40)49(41)38-23-13-22-37(28-38)45-47-43(33-18-9-3-10-19-33)46-44(48-45)34-20-11-4-12-21-34;1-35(2)36(3,4)40-37(39-35)29-16-11-17-30(24-29)38-33-20-18-27(25-12-7-5-8-13-25)22-31(33)32-23-28(19-21-34(32)38)26-14-9-6-10-15-26;16-15-18-13(11-7-3-1-4-8-11)17-14(19-15)12-9-5-2-6-10-12;/h1-30H;5-24H,1-4H3;1-10H;1H. The fraction of sp³-hybridized carbons (Fsp3) is 0.0625. The molecular formula is C96H74BClN8O2. The molecule has 5 heterocycles. The number of fused-ring (bicyclic) bond motifs is 6. The number of halogens is 1. The Morgan fingerprint density at radius 2 is 0.500 bits per heavy atom. The van der Waals surface area contributed by atoms with Crippen LogP contribution >= 0.6 is 11.6 Å². The summed E-state index contributed by atoms with van der Waals surface area (Å²) in [6.07, 6.45) is 0. The molecule has 0 radical (unpaired) electrons. The highest BCUT2D eigenvalue weighted by molar-refractivity contribution is 6.62. The van der Waals surface area contributed by atoms with Gasteiger partial charge < -0.3 is 18.4 Å². The first-order valence-electron chi connectivity index (χ1n) is 36.3. The second kappa shape index (κ2) is 29.5. The predicted octanol–water partition coefficient (Wildman–Crippen LogP) is 23.8. The molecule has 14 aromatic carbocycles. The van der Waals surface area contributed by atoms with E-state index in [2.05, 4.69) is 294 Å². The van der Waals surface area contributed by atoms with Crippen LogP contribution in [0, 0.1) is 0 Å². The molecule has 12 heteroatoms. The second-order valence-electron chi connectivity index (χ2n) is 27.8. The fourth-order valence-corrected chi connectivity index (χ4v) is 14.3. The highest BCUT2D eigenvalue weighted by Gasteiger charge is 2.51. The van der Waals surface area contributed by atoms with Crippen molar-refractivity contribution in [1.82, 2.24) is 39.0 Å². The van der Waals surface area contributed by atoms with E-state index < -0.39 is 7.12 Å². The van der Waals surface area contributed by atoms with Gasteiger partial charge in [-0.25, -0.2) is 19.9 Å². The minimum Gasteiger partial charge on any atom is -0.399 e. The highest BCUT2D eigenvalue weighted by atomic mass is 35.5. The third-order valence-corrected chi connectivity index (χ3v) is 20.5. The summed E-state index contributed by atoms with van der Waals surface area (Å²) in [7, 11) is -0.410. The summed E-state index contributed by atoms with van der Waals surface area (Å²) in [5.41, 5.74) is 21.3. The van der Waals surface area contributed by atoms with Crippen molar-refractivity contribution >= 4 is 67.8 Å². The SMILES string of the molecule is CC1(C)OB(c2cccc(-n3c4ccc(-c5ccccc5)cc4c4cc(-c5ccccc5)ccc43)c2)OC1(C)C.Clc1nc(-c2ccccc2)nc(-c2ccccc2)n1.[HH].c1ccc(-c2ccc3c(c2)c2cc(-c4ccccc4)ccc2n3-c2cccc(-c3nc(-c4ccccc4)nc(-c4ccccc4)n3)c2)cc1. The molecule has 0 spiro atoms. The van der Waals surface area contributed by atoms with Gasteiger partial charge in [-0.3, -0.25) is 0 Å². The summed E-state index contributed by atoms with van der Waals surface area (Å²) in [6.45, 7) is 8.38. The van der Waals surface area contributed by atoms with Gasteiger partial charge in [-0.2, -0.15) is 9.97 Å². The van der Waals surface area contributed by atoms with E-state index in [4.69, 9.17) is 35.9 Å². The summed E-state index contributed by atoms with van der Waals surface area (Å²) in [6, 6.07) is 126. The molecule has 1 saturated heterocycles. The number of aromatic nitrogens is 8. The van der Waals surface area contributed by atoms with Gasteiger partial charge in [0, 0.05) is 62.2 Å². The molecular weight excluding hydrogens is 1340 g/mol. The van der Waals surface area contributed by atoms with E-state index in [9.17, 15) is 0 Å². The monoisotopic (exact) mass is 1420 g/mol. The molecule has 0 atom stereocenters. The average Bonchev–Trinajstić information content (AvgIpc) is 1.59. The Hall–Kier alpha value is -13.0. The molecule has 1 fully saturated rings. The zero-order valence-electron chi connectivity index (χ0n) is 60.0. The molecule has 10 nitrogen and oxygen atoms in total. The number of hydrogen-bond acceptors (Lipinski definition) is 8. The van der Waals surface area contributed by atoms with E-state index in [-0.39, 0.29) is 17.9 Å². The van der Waals surface area contributed by atoms with Crippen molar-refractivity contribution in [2.75, 3.05) is 0 Å². The van der Waals surface area contributed by atoms with Gasteiger partial charge in [0.2, 0.25) is 5.28 Å². The number of rotatable bonds is 12. The molecule has 0 bridgehead atoms. The predicted molar refractivity (Wildman–Crippen MR) is 447 cm³/mol. The van der Waals surface area contributed by atoms with Crippen LogP contribution in [0.5, 0.6) is 0 Å². The largest absolute Gasteiger partial charge is 0.494 e. The Morgan fingerprint density at radius 1 is 0.250 bits per heavy atom. The lowest BCUT2D eigenvalue weighted by Crippen LogP contribution is -2.41.